The summed E-state index contributed by atoms with van der Waals surface area (Å²) in [5.41, 5.74) is 3.71. The minimum absolute atomic E-state index is 0.0622. The first-order chi connectivity index (χ1) is 16.2. The van der Waals surface area contributed by atoms with Gasteiger partial charge in [0.1, 0.15) is 0 Å². The minimum atomic E-state index is -0.662. The molecule has 0 aliphatic carbocycles. The zero-order valence-electron chi connectivity index (χ0n) is 17.9. The third-order valence-electron chi connectivity index (χ3n) is 5.54. The van der Waals surface area contributed by atoms with Crippen LogP contribution in [0.25, 0.3) is 11.3 Å². The number of pyridine rings is 1. The molecule has 10 heteroatoms. The van der Waals surface area contributed by atoms with Crippen LogP contribution in [-0.4, -0.2) is 42.7 Å². The van der Waals surface area contributed by atoms with E-state index in [1.807, 2.05) is 6.07 Å². The summed E-state index contributed by atoms with van der Waals surface area (Å²) in [7, 11) is 1.41. The van der Waals surface area contributed by atoms with Crippen LogP contribution in [0.15, 0.2) is 36.7 Å². The predicted octanol–water partition coefficient (Wildman–Crippen LogP) is 0.946. The van der Waals surface area contributed by atoms with E-state index in [9.17, 15) is 9.18 Å². The van der Waals surface area contributed by atoms with Crippen molar-refractivity contribution in [1.82, 2.24) is 15.3 Å². The van der Waals surface area contributed by atoms with Gasteiger partial charge in [-0.3, -0.25) is 0 Å². The van der Waals surface area contributed by atoms with Crippen LogP contribution in [0.1, 0.15) is 32.8 Å². The third-order valence-corrected chi connectivity index (χ3v) is 8.02. The molecule has 0 fully saturated rings. The maximum atomic E-state index is 14.4. The number of hydrogen-bond acceptors (Lipinski definition) is 6. The topological polar surface area (TPSA) is 97.5 Å². The number of ether oxygens (including phenoxy) is 2. The number of alkyl halides is 1. The van der Waals surface area contributed by atoms with Gasteiger partial charge in [0, 0.05) is 0 Å². The van der Waals surface area contributed by atoms with Crippen molar-refractivity contribution in [2.24, 2.45) is 0 Å². The van der Waals surface area contributed by atoms with Gasteiger partial charge in [-0.1, -0.05) is 0 Å². The van der Waals surface area contributed by atoms with Gasteiger partial charge in [0.05, 0.1) is 0 Å². The number of methoxy groups -OCH3 is 1. The van der Waals surface area contributed by atoms with E-state index in [0.717, 1.165) is 24.1 Å². The van der Waals surface area contributed by atoms with E-state index in [2.05, 4.69) is 20.6 Å². The Hall–Kier alpha value is -2.86. The van der Waals surface area contributed by atoms with E-state index in [4.69, 9.17) is 12.5 Å². The Morgan fingerprint density at radius 2 is 2.15 bits per heavy atom. The van der Waals surface area contributed by atoms with Crippen molar-refractivity contribution in [3.05, 3.63) is 53.7 Å². The fourth-order valence-corrected chi connectivity index (χ4v) is 6.10. The molecule has 2 aliphatic heterocycles. The fraction of sp³-hybridized carbons (Fsp3) is 0.304. The monoisotopic (exact) mass is 565 g/mol. The van der Waals surface area contributed by atoms with Crippen molar-refractivity contribution in [3.63, 3.8) is 0 Å². The van der Waals surface area contributed by atoms with Gasteiger partial charge in [0.2, 0.25) is 0 Å². The average molecular weight is 565 g/mol. The first-order valence-electron chi connectivity index (χ1n) is 10.6. The van der Waals surface area contributed by atoms with E-state index in [0.29, 0.717) is 48.1 Å². The van der Waals surface area contributed by atoms with Gasteiger partial charge in [-0.15, -0.1) is 0 Å². The fourth-order valence-electron chi connectivity index (χ4n) is 3.98. The normalized spacial score (nSPS) is 18.2. The van der Waals surface area contributed by atoms with Crippen molar-refractivity contribution in [2.75, 3.05) is 32.2 Å². The second kappa shape index (κ2) is 9.56. The number of hydrogen-bond donors (Lipinski definition) is 3. The number of aromatic amines is 1. The second-order valence-electron chi connectivity index (χ2n) is 7.62. The van der Waals surface area contributed by atoms with Gasteiger partial charge in [-0.05, 0) is 0 Å². The molecule has 1 aromatic carbocycles. The predicted molar refractivity (Wildman–Crippen MR) is 116 cm³/mol. The second-order valence-corrected chi connectivity index (χ2v) is 10.3. The number of halogens is 2. The molecule has 33 heavy (non-hydrogen) atoms. The Morgan fingerprint density at radius 1 is 1.27 bits per heavy atom. The number of amides is 1. The molecule has 5 rings (SSSR count). The summed E-state index contributed by atoms with van der Waals surface area (Å²) in [6.45, 7) is 1.71. The SMILES string of the molecule is COc1c(F)cccc1Nc1c2[nH]c3c1C(=O)NCC3[I-]OCCCCOc1cnccc1-2. The Morgan fingerprint density at radius 3 is 3.03 bits per heavy atom. The van der Waals surface area contributed by atoms with Crippen LogP contribution in [0.4, 0.5) is 15.8 Å². The van der Waals surface area contributed by atoms with Gasteiger partial charge in [0.15, 0.2) is 0 Å². The van der Waals surface area contributed by atoms with Gasteiger partial charge >= 0.3 is 201 Å². The van der Waals surface area contributed by atoms with Crippen molar-refractivity contribution >= 4 is 17.3 Å². The number of H-pyrrole nitrogens is 1. The van der Waals surface area contributed by atoms with Crippen molar-refractivity contribution in [2.45, 2.75) is 16.8 Å². The molecule has 3 aromatic rings. The number of carbonyl (C=O) groups excluding carboxylic acids is 1. The van der Waals surface area contributed by atoms with E-state index in [1.54, 1.807) is 24.5 Å². The molecule has 1 amide bonds. The Labute approximate surface area is 201 Å². The van der Waals surface area contributed by atoms with Crippen molar-refractivity contribution in [3.8, 4) is 22.8 Å². The van der Waals surface area contributed by atoms with E-state index >= 15 is 0 Å². The molecule has 174 valence electrons. The van der Waals surface area contributed by atoms with Crippen LogP contribution in [0.5, 0.6) is 11.5 Å². The summed E-state index contributed by atoms with van der Waals surface area (Å²) in [6, 6.07) is 6.48. The Kier molecular flexibility index (Phi) is 6.36. The summed E-state index contributed by atoms with van der Waals surface area (Å²) in [5, 5.41) is 6.26. The average Bonchev–Trinajstić information content (AvgIpc) is 3.20. The quantitative estimate of drug-likeness (QED) is 0.324. The summed E-state index contributed by atoms with van der Waals surface area (Å²) < 4.78 is 31.8. The van der Waals surface area contributed by atoms with E-state index in [-0.39, 0.29) is 15.6 Å². The third kappa shape index (κ3) is 4.24. The van der Waals surface area contributed by atoms with Gasteiger partial charge in [0.25, 0.3) is 0 Å². The number of nitrogens with zero attached hydrogens (tertiary/aromatic N) is 1. The number of carbonyl (C=O) groups is 1. The van der Waals surface area contributed by atoms with Crippen LogP contribution in [0, 0.1) is 5.82 Å². The first-order valence-corrected chi connectivity index (χ1v) is 12.8. The molecule has 0 saturated carbocycles. The van der Waals surface area contributed by atoms with Gasteiger partial charge < -0.3 is 0 Å². The molecular weight excluding hydrogens is 542 g/mol. The molecule has 0 spiro atoms. The molecular formula is C23H23FIN4O4-. The molecule has 0 saturated heterocycles. The van der Waals surface area contributed by atoms with Crippen LogP contribution in [-0.2, 0) is 3.07 Å². The molecule has 1 unspecified atom stereocenters. The molecule has 2 aliphatic rings. The molecule has 0 radical (unpaired) electrons. The number of fused-ring (bicyclic) bond motifs is 3. The van der Waals surface area contributed by atoms with Crippen LogP contribution in [0.3, 0.4) is 0 Å². The first kappa shape index (κ1) is 22.0. The molecule has 3 N–H and O–H groups in total. The number of nitrogens with one attached hydrogen (secondary N) is 3. The molecule has 8 nitrogen and oxygen atoms in total. The number of anilines is 2. The van der Waals surface area contributed by atoms with Crippen molar-refractivity contribution in [1.29, 1.82) is 0 Å². The molecule has 1 atom stereocenters. The van der Waals surface area contributed by atoms with E-state index < -0.39 is 27.4 Å². The number of rotatable bonds is 3. The number of benzene rings is 1. The zero-order valence-corrected chi connectivity index (χ0v) is 20.1. The standard InChI is InChI=1S/C23H23FIN4O4/c1-31-22-14(24)5-4-6-16(22)28-21-18-20-15(11-27-23(18)30)25-33-10-3-2-9-32-17-12-26-8-7-13(17)19(21)29-20/h4-8,12,15,28-29H,2-3,9-11H2,1H3,(H,27,30)/q-1. The summed E-state index contributed by atoms with van der Waals surface area (Å²) >= 11 is -0.662. The van der Waals surface area contributed by atoms with Crippen molar-refractivity contribution < 1.29 is 43.3 Å². The Balaban J connectivity index is 1.71. The maximum absolute atomic E-state index is 14.4. The molecule has 4 heterocycles. The van der Waals surface area contributed by atoms with Crippen LogP contribution in [0.2, 0.25) is 0 Å². The molecule has 2 aromatic heterocycles. The Bertz CT molecular complexity index is 1190. The van der Waals surface area contributed by atoms with E-state index in [1.165, 1.54) is 13.2 Å². The summed E-state index contributed by atoms with van der Waals surface area (Å²) in [6.07, 6.45) is 5.12. The number of para-hydroxylation sites is 1. The summed E-state index contributed by atoms with van der Waals surface area (Å²) in [5.74, 6) is -0.0147. The number of aromatic nitrogens is 2. The summed E-state index contributed by atoms with van der Waals surface area (Å²) in [4.78, 5) is 20.8. The van der Waals surface area contributed by atoms with Gasteiger partial charge in [-0.2, -0.15) is 0 Å². The zero-order chi connectivity index (χ0) is 22.8. The van der Waals surface area contributed by atoms with Crippen LogP contribution < -0.4 is 41.7 Å². The van der Waals surface area contributed by atoms with Gasteiger partial charge in [-0.25, -0.2) is 0 Å². The molecule has 2 bridgehead atoms. The van der Waals surface area contributed by atoms with Crippen LogP contribution >= 0.6 is 0 Å².